The fraction of sp³-hybridized carbons (Fsp3) is 0.733. The normalized spacial score (nSPS) is 24.4. The van der Waals surface area contributed by atoms with E-state index in [1.54, 1.807) is 6.92 Å². The van der Waals surface area contributed by atoms with Crippen LogP contribution in [0, 0.1) is 6.92 Å². The molecule has 1 aliphatic rings. The minimum Gasteiger partial charge on any atom is -0.377 e. The van der Waals surface area contributed by atoms with Crippen LogP contribution >= 0.6 is 7.82 Å². The van der Waals surface area contributed by atoms with Crippen molar-refractivity contribution in [3.8, 4) is 0 Å². The number of aromatic nitrogens is 2. The molecule has 0 spiro atoms. The summed E-state index contributed by atoms with van der Waals surface area (Å²) >= 11 is 0. The molecule has 12 heteroatoms. The van der Waals surface area contributed by atoms with Gasteiger partial charge in [0.1, 0.15) is 6.10 Å². The Balaban J connectivity index is 0.00000364. The minimum absolute atomic E-state index is 0. The quantitative estimate of drug-likeness (QED) is 0.331. The van der Waals surface area contributed by atoms with Gasteiger partial charge in [-0.1, -0.05) is 13.3 Å². The van der Waals surface area contributed by atoms with E-state index in [2.05, 4.69) is 4.98 Å². The molecule has 1 fully saturated rings. The first-order valence-corrected chi connectivity index (χ1v) is 9.89. The number of aryl methyl sites for hydroxylation is 1. The van der Waals surface area contributed by atoms with Crippen LogP contribution in [0.1, 0.15) is 38.0 Å². The first kappa shape index (κ1) is 25.0. The molecule has 1 aliphatic heterocycles. The third-order valence-electron chi connectivity index (χ3n) is 4.04. The summed E-state index contributed by atoms with van der Waals surface area (Å²) < 4.78 is 34.0. The van der Waals surface area contributed by atoms with Crippen LogP contribution in [-0.4, -0.2) is 84.7 Å². The molecule has 0 aromatic carbocycles. The van der Waals surface area contributed by atoms with Gasteiger partial charge in [0.05, 0.1) is 19.3 Å². The Labute approximate surface area is 186 Å². The summed E-state index contributed by atoms with van der Waals surface area (Å²) in [6, 6.07) is 0. The SMILES string of the molecule is CCCCOP(=O)(O)OC[C@H]1C[C@@H](OC)[C@H](n2cc(C)c(=O)[nH]c2=O)O1.[Ca]. The number of phosphoric acid groups is 1. The van der Waals surface area contributed by atoms with Gasteiger partial charge in [-0.3, -0.25) is 23.4 Å². The van der Waals surface area contributed by atoms with Crippen molar-refractivity contribution < 1.29 is 28.0 Å². The van der Waals surface area contributed by atoms with Gasteiger partial charge < -0.3 is 14.4 Å². The summed E-state index contributed by atoms with van der Waals surface area (Å²) in [4.78, 5) is 35.4. The Kier molecular flexibility index (Phi) is 10.4. The van der Waals surface area contributed by atoms with E-state index in [1.807, 2.05) is 6.92 Å². The Hall–Kier alpha value is -0.0303. The summed E-state index contributed by atoms with van der Waals surface area (Å²) in [7, 11) is -2.68. The molecule has 0 aliphatic carbocycles. The first-order valence-electron chi connectivity index (χ1n) is 8.39. The molecule has 1 aromatic heterocycles. The molecule has 27 heavy (non-hydrogen) atoms. The Bertz CT molecular complexity index is 767. The first-order chi connectivity index (χ1) is 12.3. The molecule has 4 atom stereocenters. The summed E-state index contributed by atoms with van der Waals surface area (Å²) in [5.74, 6) is 0. The average Bonchev–Trinajstić information content (AvgIpc) is 3.00. The number of phosphoric ester groups is 1. The van der Waals surface area contributed by atoms with Crippen LogP contribution in [0.2, 0.25) is 0 Å². The van der Waals surface area contributed by atoms with Crippen LogP contribution in [-0.2, 0) is 23.1 Å². The van der Waals surface area contributed by atoms with Gasteiger partial charge in [-0.25, -0.2) is 9.36 Å². The molecular weight excluding hydrogens is 407 g/mol. The molecule has 150 valence electrons. The second kappa shape index (κ2) is 11.2. The minimum atomic E-state index is -4.16. The molecule has 2 N–H and O–H groups in total. The number of nitrogens with one attached hydrogen (secondary N) is 1. The zero-order valence-corrected chi connectivity index (χ0v) is 18.9. The topological polar surface area (TPSA) is 129 Å². The second-order valence-electron chi connectivity index (χ2n) is 6.09. The molecule has 2 radical (unpaired) electrons. The van der Waals surface area contributed by atoms with E-state index >= 15 is 0 Å². The van der Waals surface area contributed by atoms with E-state index in [4.69, 9.17) is 18.5 Å². The molecule has 2 heterocycles. The van der Waals surface area contributed by atoms with Crippen LogP contribution < -0.4 is 11.2 Å². The maximum Gasteiger partial charge on any atom is 0.472 e. The van der Waals surface area contributed by atoms with Crippen LogP contribution in [0.15, 0.2) is 15.8 Å². The summed E-state index contributed by atoms with van der Waals surface area (Å²) in [6.45, 7) is 3.45. The fourth-order valence-electron chi connectivity index (χ4n) is 2.59. The Morgan fingerprint density at radius 1 is 1.41 bits per heavy atom. The third kappa shape index (κ3) is 7.06. The van der Waals surface area contributed by atoms with Gasteiger partial charge >= 0.3 is 13.5 Å². The average molecular weight is 432 g/mol. The smallest absolute Gasteiger partial charge is 0.377 e. The van der Waals surface area contributed by atoms with Crippen LogP contribution in [0.5, 0.6) is 0 Å². The number of hydrogen-bond acceptors (Lipinski definition) is 7. The third-order valence-corrected chi connectivity index (χ3v) is 5.03. The van der Waals surface area contributed by atoms with Crippen molar-refractivity contribution in [2.24, 2.45) is 0 Å². The monoisotopic (exact) mass is 432 g/mol. The number of nitrogens with zero attached hydrogens (tertiary/aromatic N) is 1. The van der Waals surface area contributed by atoms with E-state index in [0.29, 0.717) is 18.4 Å². The predicted molar refractivity (Wildman–Crippen MR) is 97.8 cm³/mol. The fourth-order valence-corrected chi connectivity index (χ4v) is 3.38. The molecule has 1 aromatic rings. The van der Waals surface area contributed by atoms with Gasteiger partial charge in [-0.05, 0) is 13.3 Å². The van der Waals surface area contributed by atoms with Crippen molar-refractivity contribution in [2.45, 2.75) is 51.5 Å². The van der Waals surface area contributed by atoms with E-state index in [1.165, 1.54) is 17.9 Å². The van der Waals surface area contributed by atoms with Crippen molar-refractivity contribution >= 4 is 45.6 Å². The molecule has 2 rings (SSSR count). The van der Waals surface area contributed by atoms with Gasteiger partial charge in [0, 0.05) is 63.0 Å². The molecule has 1 saturated heterocycles. The molecule has 10 nitrogen and oxygen atoms in total. The van der Waals surface area contributed by atoms with Crippen molar-refractivity contribution in [3.05, 3.63) is 32.6 Å². The van der Waals surface area contributed by atoms with E-state index in [9.17, 15) is 19.0 Å². The Morgan fingerprint density at radius 3 is 2.74 bits per heavy atom. The van der Waals surface area contributed by atoms with Crippen molar-refractivity contribution in [1.29, 1.82) is 0 Å². The van der Waals surface area contributed by atoms with Gasteiger partial charge in [-0.2, -0.15) is 0 Å². The van der Waals surface area contributed by atoms with Gasteiger partial charge in [0.2, 0.25) is 0 Å². The van der Waals surface area contributed by atoms with Gasteiger partial charge in [0.25, 0.3) is 5.56 Å². The van der Waals surface area contributed by atoms with Gasteiger partial charge in [-0.15, -0.1) is 0 Å². The maximum atomic E-state index is 12.0. The maximum absolute atomic E-state index is 12.0. The van der Waals surface area contributed by atoms with Crippen LogP contribution in [0.3, 0.4) is 0 Å². The molecule has 0 amide bonds. The number of H-pyrrole nitrogens is 1. The summed E-state index contributed by atoms with van der Waals surface area (Å²) in [5, 5.41) is 0. The number of hydrogen-bond donors (Lipinski definition) is 2. The van der Waals surface area contributed by atoms with Crippen molar-refractivity contribution in [3.63, 3.8) is 0 Å². The molecule has 0 saturated carbocycles. The van der Waals surface area contributed by atoms with E-state index in [0.717, 1.165) is 6.42 Å². The second-order valence-corrected chi connectivity index (χ2v) is 7.54. The van der Waals surface area contributed by atoms with Crippen molar-refractivity contribution in [1.82, 2.24) is 9.55 Å². The molecular formula is C15H25CaN2O8P. The predicted octanol–water partition coefficient (Wildman–Crippen LogP) is 0.700. The number of ether oxygens (including phenoxy) is 2. The number of unbranched alkanes of at least 4 members (excludes halogenated alkanes) is 1. The van der Waals surface area contributed by atoms with Crippen LogP contribution in [0.25, 0.3) is 0 Å². The largest absolute Gasteiger partial charge is 0.472 e. The van der Waals surface area contributed by atoms with E-state index < -0.39 is 37.5 Å². The number of aromatic amines is 1. The van der Waals surface area contributed by atoms with Gasteiger partial charge in [0.15, 0.2) is 6.23 Å². The zero-order chi connectivity index (χ0) is 19.3. The summed E-state index contributed by atoms with van der Waals surface area (Å²) in [5.41, 5.74) is -0.736. The van der Waals surface area contributed by atoms with E-state index in [-0.39, 0.29) is 51.0 Å². The molecule has 0 bridgehead atoms. The Morgan fingerprint density at radius 2 is 2.11 bits per heavy atom. The zero-order valence-electron chi connectivity index (χ0n) is 15.8. The van der Waals surface area contributed by atoms with Crippen LogP contribution in [0.4, 0.5) is 0 Å². The number of methoxy groups -OCH3 is 1. The summed E-state index contributed by atoms with van der Waals surface area (Å²) in [6.07, 6.45) is 1.39. The number of rotatable bonds is 9. The molecule has 1 unspecified atom stereocenters. The van der Waals surface area contributed by atoms with Crippen molar-refractivity contribution in [2.75, 3.05) is 20.3 Å². The standard InChI is InChI=1S/C15H25N2O8P.Ca/c1-4-5-6-23-26(20,21)24-9-11-7-12(22-3)14(25-11)17-8-10(2)13(18)16-15(17)19;/h8,11-12,14H,4-7,9H2,1-3H3,(H,20,21)(H,16,18,19);/t11-,12-,14-;/m1./s1.